The normalized spacial score (nSPS) is 12.7. The fourth-order valence-corrected chi connectivity index (χ4v) is 3.77. The molecule has 0 aliphatic heterocycles. The van der Waals surface area contributed by atoms with Crippen molar-refractivity contribution in [2.24, 2.45) is 0 Å². The predicted molar refractivity (Wildman–Crippen MR) is 81.6 cm³/mol. The molecule has 2 aromatic rings. The molecule has 96 valence electrons. The molecule has 1 N–H and O–H groups in total. The van der Waals surface area contributed by atoms with Gasteiger partial charge in [-0.15, -0.1) is 0 Å². The maximum absolute atomic E-state index is 14.2. The second kappa shape index (κ2) is 6.28. The van der Waals surface area contributed by atoms with E-state index in [-0.39, 0.29) is 11.9 Å². The molecule has 18 heavy (non-hydrogen) atoms. The van der Waals surface area contributed by atoms with E-state index in [2.05, 4.69) is 37.2 Å². The van der Waals surface area contributed by atoms with Gasteiger partial charge < -0.3 is 5.32 Å². The summed E-state index contributed by atoms with van der Waals surface area (Å²) in [4.78, 5) is 0. The Morgan fingerprint density at radius 2 is 2.00 bits per heavy atom. The van der Waals surface area contributed by atoms with E-state index < -0.39 is 0 Å². The average molecular weight is 393 g/mol. The highest BCUT2D eigenvalue weighted by Gasteiger charge is 2.20. The van der Waals surface area contributed by atoms with Crippen LogP contribution in [-0.2, 0) is 0 Å². The third kappa shape index (κ3) is 2.85. The molecule has 1 atom stereocenters. The van der Waals surface area contributed by atoms with Gasteiger partial charge in [0.15, 0.2) is 0 Å². The second-order valence-corrected chi connectivity index (χ2v) is 6.26. The van der Waals surface area contributed by atoms with Crippen LogP contribution < -0.4 is 5.32 Å². The molecule has 1 aromatic heterocycles. The molecule has 0 aliphatic rings. The Hall–Kier alpha value is -0.230. The third-order valence-corrected chi connectivity index (χ3v) is 5.02. The molecule has 0 saturated carbocycles. The number of thiophene rings is 1. The Bertz CT molecular complexity index is 542. The summed E-state index contributed by atoms with van der Waals surface area (Å²) in [6.45, 7) is 2.79. The van der Waals surface area contributed by atoms with Crippen LogP contribution in [-0.4, -0.2) is 6.54 Å². The van der Waals surface area contributed by atoms with E-state index >= 15 is 0 Å². The minimum Gasteiger partial charge on any atom is -0.306 e. The number of halogens is 3. The van der Waals surface area contributed by atoms with Crippen LogP contribution in [0.5, 0.6) is 0 Å². The molecule has 2 rings (SSSR count). The molecule has 0 amide bonds. The van der Waals surface area contributed by atoms with Crippen molar-refractivity contribution < 1.29 is 4.39 Å². The van der Waals surface area contributed by atoms with Gasteiger partial charge in [0.25, 0.3) is 0 Å². The van der Waals surface area contributed by atoms with E-state index in [1.807, 2.05) is 29.8 Å². The fourth-order valence-electron chi connectivity index (χ4n) is 1.83. The molecule has 0 spiro atoms. The third-order valence-electron chi connectivity index (χ3n) is 2.65. The minimum absolute atomic E-state index is 0.131. The molecule has 0 aliphatic carbocycles. The smallest absolute Gasteiger partial charge is 0.142 e. The number of rotatable bonds is 4. The van der Waals surface area contributed by atoms with Crippen LogP contribution in [0, 0.1) is 5.82 Å². The standard InChI is InChI=1S/C13H12Br2FNS/c1-2-17-13(9-6-18-7-11(9)15)8-4-3-5-10(14)12(8)16/h3-7,13,17H,2H2,1H3. The molecule has 1 aromatic carbocycles. The van der Waals surface area contributed by atoms with E-state index in [4.69, 9.17) is 0 Å². The molecule has 5 heteroatoms. The quantitative estimate of drug-likeness (QED) is 0.762. The fraction of sp³-hybridized carbons (Fsp3) is 0.231. The Morgan fingerprint density at radius 3 is 2.61 bits per heavy atom. The molecule has 1 unspecified atom stereocenters. The zero-order chi connectivity index (χ0) is 13.1. The van der Waals surface area contributed by atoms with Crippen LogP contribution in [0.2, 0.25) is 0 Å². The van der Waals surface area contributed by atoms with Gasteiger partial charge in [0.2, 0.25) is 0 Å². The zero-order valence-electron chi connectivity index (χ0n) is 9.71. The topological polar surface area (TPSA) is 12.0 Å². The summed E-state index contributed by atoms with van der Waals surface area (Å²) in [5.74, 6) is -0.207. The Morgan fingerprint density at radius 1 is 1.22 bits per heavy atom. The van der Waals surface area contributed by atoms with E-state index in [1.54, 1.807) is 17.4 Å². The van der Waals surface area contributed by atoms with Crippen molar-refractivity contribution in [2.45, 2.75) is 13.0 Å². The maximum Gasteiger partial charge on any atom is 0.142 e. The van der Waals surface area contributed by atoms with Crippen LogP contribution in [0.3, 0.4) is 0 Å². The molecule has 1 heterocycles. The average Bonchev–Trinajstić information content (AvgIpc) is 2.76. The highest BCUT2D eigenvalue weighted by molar-refractivity contribution is 9.10. The molecular weight excluding hydrogens is 381 g/mol. The van der Waals surface area contributed by atoms with E-state index in [9.17, 15) is 4.39 Å². The lowest BCUT2D eigenvalue weighted by atomic mass is 10.0. The molecule has 1 nitrogen and oxygen atoms in total. The van der Waals surface area contributed by atoms with Crippen molar-refractivity contribution in [2.75, 3.05) is 6.54 Å². The van der Waals surface area contributed by atoms with Crippen LogP contribution >= 0.6 is 43.2 Å². The van der Waals surface area contributed by atoms with Crippen molar-refractivity contribution in [1.82, 2.24) is 5.32 Å². The van der Waals surface area contributed by atoms with Crippen molar-refractivity contribution in [1.29, 1.82) is 0 Å². The Balaban J connectivity index is 2.48. The number of hydrogen-bond acceptors (Lipinski definition) is 2. The van der Waals surface area contributed by atoms with Crippen LogP contribution in [0.25, 0.3) is 0 Å². The van der Waals surface area contributed by atoms with Crippen molar-refractivity contribution in [3.8, 4) is 0 Å². The first kappa shape index (κ1) is 14.2. The maximum atomic E-state index is 14.2. The highest BCUT2D eigenvalue weighted by atomic mass is 79.9. The lowest BCUT2D eigenvalue weighted by Crippen LogP contribution is -2.23. The Kier molecular flexibility index (Phi) is 4.95. The lowest BCUT2D eigenvalue weighted by molar-refractivity contribution is 0.555. The molecular formula is C13H12Br2FNS. The molecule has 0 saturated heterocycles. The number of hydrogen-bond donors (Lipinski definition) is 1. The van der Waals surface area contributed by atoms with Crippen molar-refractivity contribution in [3.63, 3.8) is 0 Å². The molecule has 0 bridgehead atoms. The Labute approximate surface area is 127 Å². The van der Waals surface area contributed by atoms with Gasteiger partial charge in [0.1, 0.15) is 5.82 Å². The summed E-state index contributed by atoms with van der Waals surface area (Å²) in [7, 11) is 0. The van der Waals surface area contributed by atoms with Gasteiger partial charge in [-0.3, -0.25) is 0 Å². The monoisotopic (exact) mass is 391 g/mol. The SMILES string of the molecule is CCNC(c1cscc1Br)c1cccc(Br)c1F. The van der Waals surface area contributed by atoms with Gasteiger partial charge in [-0.05, 0) is 55.4 Å². The lowest BCUT2D eigenvalue weighted by Gasteiger charge is -2.19. The number of benzene rings is 1. The number of nitrogens with one attached hydrogen (secondary N) is 1. The van der Waals surface area contributed by atoms with Gasteiger partial charge in [-0.2, -0.15) is 11.3 Å². The zero-order valence-corrected chi connectivity index (χ0v) is 13.7. The van der Waals surface area contributed by atoms with Crippen molar-refractivity contribution in [3.05, 3.63) is 54.8 Å². The van der Waals surface area contributed by atoms with E-state index in [1.165, 1.54) is 0 Å². The molecule has 0 fully saturated rings. The van der Waals surface area contributed by atoms with Gasteiger partial charge in [0.05, 0.1) is 10.5 Å². The first-order valence-corrected chi connectivity index (χ1v) is 8.07. The summed E-state index contributed by atoms with van der Waals surface area (Å²) in [6.07, 6.45) is 0. The summed E-state index contributed by atoms with van der Waals surface area (Å²) in [6, 6.07) is 5.25. The van der Waals surface area contributed by atoms with Crippen LogP contribution in [0.1, 0.15) is 24.1 Å². The highest BCUT2D eigenvalue weighted by Crippen LogP contribution is 2.34. The van der Waals surface area contributed by atoms with Gasteiger partial charge in [-0.1, -0.05) is 19.1 Å². The largest absolute Gasteiger partial charge is 0.306 e. The molecule has 0 radical (unpaired) electrons. The summed E-state index contributed by atoms with van der Waals surface area (Å²) in [5.41, 5.74) is 1.73. The van der Waals surface area contributed by atoms with Crippen molar-refractivity contribution >= 4 is 43.2 Å². The van der Waals surface area contributed by atoms with Crippen LogP contribution in [0.15, 0.2) is 37.9 Å². The summed E-state index contributed by atoms with van der Waals surface area (Å²) in [5, 5.41) is 7.37. The first-order valence-electron chi connectivity index (χ1n) is 5.54. The van der Waals surface area contributed by atoms with Crippen LogP contribution in [0.4, 0.5) is 4.39 Å². The second-order valence-electron chi connectivity index (χ2n) is 3.81. The van der Waals surface area contributed by atoms with E-state index in [0.29, 0.717) is 10.0 Å². The van der Waals surface area contributed by atoms with E-state index in [0.717, 1.165) is 16.6 Å². The first-order chi connectivity index (χ1) is 8.65. The summed E-state index contributed by atoms with van der Waals surface area (Å²) >= 11 is 8.35. The minimum atomic E-state index is -0.207. The van der Waals surface area contributed by atoms with Gasteiger partial charge in [0, 0.05) is 15.4 Å². The van der Waals surface area contributed by atoms with Gasteiger partial charge in [-0.25, -0.2) is 4.39 Å². The summed E-state index contributed by atoms with van der Waals surface area (Å²) < 4.78 is 15.7. The van der Waals surface area contributed by atoms with Gasteiger partial charge >= 0.3 is 0 Å². The predicted octanol–water partition coefficient (Wildman–Crippen LogP) is 5.11.